The first-order chi connectivity index (χ1) is 26.6. The van der Waals surface area contributed by atoms with E-state index < -0.39 is 53.3 Å². The molecule has 0 aromatic heterocycles. The Kier molecular flexibility index (Phi) is 12.5. The first-order valence-corrected chi connectivity index (χ1v) is 18.8. The van der Waals surface area contributed by atoms with Gasteiger partial charge in [0, 0.05) is 19.6 Å². The molecular formula is C41H48N6O8. The number of methoxy groups -OCH3 is 1. The molecule has 3 heterocycles. The molecule has 3 aromatic carbocycles. The van der Waals surface area contributed by atoms with Crippen molar-refractivity contribution in [3.63, 3.8) is 0 Å². The molecule has 0 aliphatic carbocycles. The molecule has 0 unspecified atom stereocenters. The molecule has 55 heavy (non-hydrogen) atoms. The summed E-state index contributed by atoms with van der Waals surface area (Å²) < 4.78 is 5.43. The zero-order chi connectivity index (χ0) is 39.0. The molecule has 0 radical (unpaired) electrons. The number of carboxylic acids is 1. The molecule has 3 saturated heterocycles. The molecule has 3 fully saturated rings. The van der Waals surface area contributed by atoms with Crippen LogP contribution in [-0.4, -0.2) is 120 Å². The predicted molar refractivity (Wildman–Crippen MR) is 202 cm³/mol. The van der Waals surface area contributed by atoms with E-state index in [1.165, 1.54) is 9.80 Å². The minimum Gasteiger partial charge on any atom is -0.497 e. The number of nitrogens with zero attached hydrogens (tertiary/aromatic N) is 3. The molecule has 3 atom stereocenters. The van der Waals surface area contributed by atoms with Gasteiger partial charge in [0.1, 0.15) is 23.9 Å². The van der Waals surface area contributed by atoms with Gasteiger partial charge < -0.3 is 35.2 Å². The number of benzene rings is 3. The topological polar surface area (TPSA) is 178 Å². The summed E-state index contributed by atoms with van der Waals surface area (Å²) in [6.45, 7) is 0.209. The number of rotatable bonds is 14. The zero-order valence-electron chi connectivity index (χ0n) is 30.9. The summed E-state index contributed by atoms with van der Waals surface area (Å²) in [5.41, 5.74) is 1.82. The van der Waals surface area contributed by atoms with Gasteiger partial charge in [0.2, 0.25) is 29.5 Å². The van der Waals surface area contributed by atoms with Gasteiger partial charge in [-0.25, -0.2) is 4.79 Å². The van der Waals surface area contributed by atoms with E-state index >= 15 is 0 Å². The van der Waals surface area contributed by atoms with Crippen molar-refractivity contribution in [1.29, 1.82) is 0 Å². The first-order valence-electron chi connectivity index (χ1n) is 18.8. The Hall–Kier alpha value is -5.76. The maximum atomic E-state index is 14.0. The monoisotopic (exact) mass is 752 g/mol. The molecule has 14 nitrogen and oxygen atoms in total. The Morgan fingerprint density at radius 2 is 1.00 bits per heavy atom. The molecule has 3 aliphatic heterocycles. The van der Waals surface area contributed by atoms with Crippen LogP contribution in [0.2, 0.25) is 0 Å². The fourth-order valence-corrected chi connectivity index (χ4v) is 8.09. The van der Waals surface area contributed by atoms with Crippen molar-refractivity contribution in [2.75, 3.05) is 46.4 Å². The summed E-state index contributed by atoms with van der Waals surface area (Å²) in [5.74, 6) is -2.53. The maximum Gasteiger partial charge on any atom is 0.326 e. The molecular weight excluding hydrogens is 704 g/mol. The number of carboxylic acid groups (broad SMARTS) is 1. The lowest BCUT2D eigenvalue weighted by molar-refractivity contribution is -0.148. The van der Waals surface area contributed by atoms with Crippen LogP contribution >= 0.6 is 0 Å². The van der Waals surface area contributed by atoms with E-state index in [4.69, 9.17) is 4.74 Å². The minimum atomic E-state index is -1.08. The van der Waals surface area contributed by atoms with Crippen LogP contribution in [0.3, 0.4) is 0 Å². The van der Waals surface area contributed by atoms with Crippen LogP contribution in [0.5, 0.6) is 5.75 Å². The third kappa shape index (κ3) is 8.49. The summed E-state index contributed by atoms with van der Waals surface area (Å²) >= 11 is 0. The highest BCUT2D eigenvalue weighted by atomic mass is 16.5. The van der Waals surface area contributed by atoms with Gasteiger partial charge in [0.05, 0.1) is 32.3 Å². The lowest BCUT2D eigenvalue weighted by atomic mass is 9.77. The molecule has 14 heteroatoms. The highest BCUT2D eigenvalue weighted by molar-refractivity contribution is 5.94. The van der Waals surface area contributed by atoms with Crippen molar-refractivity contribution < 1.29 is 38.6 Å². The number of carbonyl (C=O) groups is 6. The summed E-state index contributed by atoms with van der Waals surface area (Å²) in [6, 6.07) is 24.9. The highest BCUT2D eigenvalue weighted by Crippen LogP contribution is 2.37. The van der Waals surface area contributed by atoms with Crippen molar-refractivity contribution in [3.05, 3.63) is 102 Å². The van der Waals surface area contributed by atoms with Crippen molar-refractivity contribution in [2.24, 2.45) is 0 Å². The summed E-state index contributed by atoms with van der Waals surface area (Å²) in [4.78, 5) is 82.2. The van der Waals surface area contributed by atoms with Gasteiger partial charge in [-0.15, -0.1) is 0 Å². The Morgan fingerprint density at radius 1 is 0.600 bits per heavy atom. The zero-order valence-corrected chi connectivity index (χ0v) is 30.9. The Balaban J connectivity index is 1.08. The predicted octanol–water partition coefficient (Wildman–Crippen LogP) is 1.87. The molecule has 0 bridgehead atoms. The van der Waals surface area contributed by atoms with Gasteiger partial charge in [-0.1, -0.05) is 72.8 Å². The molecule has 0 spiro atoms. The average Bonchev–Trinajstić information content (AvgIpc) is 4.02. The normalized spacial score (nSPS) is 19.6. The summed E-state index contributed by atoms with van der Waals surface area (Å²) in [5, 5.41) is 18.2. The van der Waals surface area contributed by atoms with E-state index in [1.807, 2.05) is 84.9 Å². The van der Waals surface area contributed by atoms with E-state index in [-0.39, 0.29) is 25.5 Å². The van der Waals surface area contributed by atoms with Crippen LogP contribution < -0.4 is 20.7 Å². The number of hydrogen-bond acceptors (Lipinski definition) is 8. The average molecular weight is 753 g/mol. The Morgan fingerprint density at radius 3 is 1.44 bits per heavy atom. The molecule has 290 valence electrons. The third-order valence-electron chi connectivity index (χ3n) is 10.9. The summed E-state index contributed by atoms with van der Waals surface area (Å²) in [6.07, 6.45) is 2.96. The van der Waals surface area contributed by atoms with Crippen molar-refractivity contribution >= 4 is 35.5 Å². The smallest absolute Gasteiger partial charge is 0.326 e. The van der Waals surface area contributed by atoms with Crippen molar-refractivity contribution in [2.45, 2.75) is 62.2 Å². The van der Waals surface area contributed by atoms with E-state index in [0.717, 1.165) is 16.7 Å². The number of aliphatic carboxylic acids is 1. The molecule has 0 saturated carbocycles. The Labute approximate surface area is 320 Å². The fourth-order valence-electron chi connectivity index (χ4n) is 8.09. The van der Waals surface area contributed by atoms with Gasteiger partial charge >= 0.3 is 5.97 Å². The molecule has 4 N–H and O–H groups in total. The molecule has 6 rings (SSSR count). The second kappa shape index (κ2) is 17.6. The number of likely N-dealkylation sites (tertiary alicyclic amines) is 3. The molecule has 3 aliphatic rings. The van der Waals surface area contributed by atoms with Crippen LogP contribution in [0.1, 0.15) is 55.2 Å². The van der Waals surface area contributed by atoms with Gasteiger partial charge in [-0.2, -0.15) is 0 Å². The maximum absolute atomic E-state index is 14.0. The lowest BCUT2D eigenvalue weighted by Crippen LogP contribution is -2.54. The van der Waals surface area contributed by atoms with Gasteiger partial charge in [0.25, 0.3) is 0 Å². The third-order valence-corrected chi connectivity index (χ3v) is 10.9. The van der Waals surface area contributed by atoms with E-state index in [2.05, 4.69) is 16.0 Å². The second-order valence-electron chi connectivity index (χ2n) is 14.1. The van der Waals surface area contributed by atoms with Crippen LogP contribution in [0.4, 0.5) is 0 Å². The molecule has 5 amide bonds. The van der Waals surface area contributed by atoms with Gasteiger partial charge in [-0.05, 0) is 67.3 Å². The second-order valence-corrected chi connectivity index (χ2v) is 14.1. The van der Waals surface area contributed by atoms with Crippen LogP contribution in [0, 0.1) is 0 Å². The quantitative estimate of drug-likeness (QED) is 0.179. The number of amides is 5. The number of carbonyl (C=O) groups excluding carboxylic acids is 5. The standard InChI is InChI=1S/C41H48N6O8/c1-55-31-20-18-30(19-21-31)41(28-11-4-2-5-12-28,29-13-6-3-7-14-29)44-27-37(50)46-23-9-16-33(46)39(52)42-25-35(48)45-22-8-15-32(45)38(51)43-26-36(49)47-24-10-17-34(47)40(53)54/h2-7,11-14,18-21,32-34,44H,8-10,15-17,22-27H2,1H3,(H,42,52)(H,43,51)(H,53,54)/t32-,33-,34-/m0/s1. The number of nitrogens with one attached hydrogen (secondary N) is 3. The van der Waals surface area contributed by atoms with Crippen LogP contribution in [0.25, 0.3) is 0 Å². The summed E-state index contributed by atoms with van der Waals surface area (Å²) in [7, 11) is 1.61. The lowest BCUT2D eigenvalue weighted by Gasteiger charge is -2.37. The van der Waals surface area contributed by atoms with E-state index in [9.17, 15) is 33.9 Å². The van der Waals surface area contributed by atoms with Crippen molar-refractivity contribution in [3.8, 4) is 5.75 Å². The molecule has 3 aromatic rings. The van der Waals surface area contributed by atoms with Crippen molar-refractivity contribution in [1.82, 2.24) is 30.7 Å². The number of ether oxygens (including phenoxy) is 1. The fraction of sp³-hybridized carbons (Fsp3) is 0.415. The van der Waals surface area contributed by atoms with Crippen LogP contribution in [-0.2, 0) is 34.3 Å². The van der Waals surface area contributed by atoms with Gasteiger partial charge in [-0.3, -0.25) is 29.3 Å². The number of hydrogen-bond donors (Lipinski definition) is 4. The highest BCUT2D eigenvalue weighted by Gasteiger charge is 2.40. The van der Waals surface area contributed by atoms with E-state index in [1.54, 1.807) is 12.0 Å². The largest absolute Gasteiger partial charge is 0.497 e. The van der Waals surface area contributed by atoms with E-state index in [0.29, 0.717) is 63.9 Å². The van der Waals surface area contributed by atoms with Crippen LogP contribution in [0.15, 0.2) is 84.9 Å². The van der Waals surface area contributed by atoms with Gasteiger partial charge in [0.15, 0.2) is 0 Å². The first kappa shape index (κ1) is 38.9. The minimum absolute atomic E-state index is 0.0830. The SMILES string of the molecule is COc1ccc(C(NCC(=O)N2CCC[C@H]2C(=O)NCC(=O)N2CCC[C@H]2C(=O)NCC(=O)N2CCC[C@H]2C(=O)O)(c2ccccc2)c2ccccc2)cc1. The Bertz CT molecular complexity index is 1820.